The quantitative estimate of drug-likeness (QED) is 0.910. The smallest absolute Gasteiger partial charge is 0.394 e. The Balaban J connectivity index is 2.02. The highest BCUT2D eigenvalue weighted by Crippen LogP contribution is 2.38. The van der Waals surface area contributed by atoms with Crippen molar-refractivity contribution in [3.05, 3.63) is 17.0 Å². The Hall–Kier alpha value is -2.06. The van der Waals surface area contributed by atoms with E-state index in [2.05, 4.69) is 5.16 Å². The molecule has 1 aliphatic rings. The Bertz CT molecular complexity index is 592. The van der Waals surface area contributed by atoms with Crippen LogP contribution >= 0.6 is 0 Å². The summed E-state index contributed by atoms with van der Waals surface area (Å²) in [6.07, 6.45) is -4.36. The van der Waals surface area contributed by atoms with Gasteiger partial charge in [0.25, 0.3) is 0 Å². The Morgan fingerprint density at radius 3 is 2.43 bits per heavy atom. The summed E-state index contributed by atoms with van der Waals surface area (Å²) in [5.41, 5.74) is 1.38. The Morgan fingerprint density at radius 1 is 1.35 bits per heavy atom. The standard InChI is InChI=1S/C14H17F3N2O4/c1-7-9(8(2)23-18-7)3-4-12(20)19-5-10(13(21)22)11(6-19)14(15,16)17/h10-11H,3-6H2,1-2H3,(H,21,22)/t10-,11-/m1/s1. The lowest BCUT2D eigenvalue weighted by Crippen LogP contribution is -2.34. The molecule has 1 aliphatic heterocycles. The van der Waals surface area contributed by atoms with Crippen molar-refractivity contribution in [3.63, 3.8) is 0 Å². The molecule has 0 aromatic carbocycles. The SMILES string of the molecule is Cc1noc(C)c1CCC(=O)N1C[C@@H](C(F)(F)F)[C@H](C(=O)O)C1. The van der Waals surface area contributed by atoms with Gasteiger partial charge >= 0.3 is 12.1 Å². The van der Waals surface area contributed by atoms with Crippen LogP contribution in [0.25, 0.3) is 0 Å². The second kappa shape index (κ2) is 6.21. The number of aryl methyl sites for hydroxylation is 2. The second-order valence-corrected chi connectivity index (χ2v) is 5.69. The number of hydrogen-bond acceptors (Lipinski definition) is 4. The fourth-order valence-electron chi connectivity index (χ4n) is 2.84. The summed E-state index contributed by atoms with van der Waals surface area (Å²) in [7, 11) is 0. The molecule has 1 amide bonds. The van der Waals surface area contributed by atoms with Crippen LogP contribution in [0.15, 0.2) is 4.52 Å². The van der Waals surface area contributed by atoms with Gasteiger partial charge in [-0.3, -0.25) is 9.59 Å². The molecular weight excluding hydrogens is 317 g/mol. The number of carboxylic acids is 1. The van der Waals surface area contributed by atoms with Crippen LogP contribution in [0, 0.1) is 25.7 Å². The molecule has 23 heavy (non-hydrogen) atoms. The minimum Gasteiger partial charge on any atom is -0.481 e. The van der Waals surface area contributed by atoms with E-state index in [9.17, 15) is 22.8 Å². The lowest BCUT2D eigenvalue weighted by atomic mass is 9.96. The van der Waals surface area contributed by atoms with Gasteiger partial charge in [0.15, 0.2) is 0 Å². The summed E-state index contributed by atoms with van der Waals surface area (Å²) in [5.74, 6) is -5.11. The van der Waals surface area contributed by atoms with E-state index in [1.807, 2.05) is 0 Å². The normalized spacial score (nSPS) is 21.7. The van der Waals surface area contributed by atoms with Crippen LogP contribution in [0.2, 0.25) is 0 Å². The minimum absolute atomic E-state index is 0.0141. The number of alkyl halides is 3. The largest absolute Gasteiger partial charge is 0.481 e. The van der Waals surface area contributed by atoms with Gasteiger partial charge in [-0.2, -0.15) is 13.2 Å². The third kappa shape index (κ3) is 3.65. The van der Waals surface area contributed by atoms with Crippen LogP contribution in [0.3, 0.4) is 0 Å². The fourth-order valence-corrected chi connectivity index (χ4v) is 2.84. The number of carbonyl (C=O) groups excluding carboxylic acids is 1. The van der Waals surface area contributed by atoms with Gasteiger partial charge in [-0.05, 0) is 20.3 Å². The van der Waals surface area contributed by atoms with Crippen LogP contribution in [0.1, 0.15) is 23.4 Å². The molecule has 1 aromatic heterocycles. The number of halogens is 3. The van der Waals surface area contributed by atoms with Gasteiger partial charge in [-0.15, -0.1) is 0 Å². The lowest BCUT2D eigenvalue weighted by Gasteiger charge is -2.18. The van der Waals surface area contributed by atoms with Crippen molar-refractivity contribution in [2.24, 2.45) is 11.8 Å². The Labute approximate surface area is 130 Å². The topological polar surface area (TPSA) is 83.6 Å². The van der Waals surface area contributed by atoms with E-state index in [1.165, 1.54) is 0 Å². The number of likely N-dealkylation sites (tertiary alicyclic amines) is 1. The molecule has 0 radical (unpaired) electrons. The van der Waals surface area contributed by atoms with Crippen LogP contribution in [-0.4, -0.2) is 46.3 Å². The van der Waals surface area contributed by atoms with Crippen molar-refractivity contribution in [1.82, 2.24) is 10.1 Å². The van der Waals surface area contributed by atoms with Crippen molar-refractivity contribution in [2.45, 2.75) is 32.9 Å². The number of aliphatic carboxylic acids is 1. The predicted molar refractivity (Wildman–Crippen MR) is 71.5 cm³/mol. The van der Waals surface area contributed by atoms with Gasteiger partial charge in [0.2, 0.25) is 5.91 Å². The van der Waals surface area contributed by atoms with Gasteiger partial charge in [0, 0.05) is 25.1 Å². The molecule has 9 heteroatoms. The highest BCUT2D eigenvalue weighted by Gasteiger charge is 2.53. The van der Waals surface area contributed by atoms with E-state index in [-0.39, 0.29) is 6.42 Å². The zero-order chi connectivity index (χ0) is 17.4. The van der Waals surface area contributed by atoms with Crippen molar-refractivity contribution in [3.8, 4) is 0 Å². The molecule has 1 N–H and O–H groups in total. The molecule has 0 saturated carbocycles. The molecule has 0 spiro atoms. The first-order valence-corrected chi connectivity index (χ1v) is 7.10. The first kappa shape index (κ1) is 17.3. The molecule has 128 valence electrons. The van der Waals surface area contributed by atoms with Crippen LogP contribution in [0.4, 0.5) is 13.2 Å². The molecular formula is C14H17F3N2O4. The predicted octanol–water partition coefficient (Wildman–Crippen LogP) is 1.95. The molecule has 0 bridgehead atoms. The number of aromatic nitrogens is 1. The van der Waals surface area contributed by atoms with E-state index in [0.717, 1.165) is 10.5 Å². The zero-order valence-electron chi connectivity index (χ0n) is 12.7. The van der Waals surface area contributed by atoms with E-state index >= 15 is 0 Å². The number of nitrogens with zero attached hydrogens (tertiary/aromatic N) is 2. The second-order valence-electron chi connectivity index (χ2n) is 5.69. The van der Waals surface area contributed by atoms with E-state index in [1.54, 1.807) is 13.8 Å². The number of carboxylic acid groups (broad SMARTS) is 1. The summed E-state index contributed by atoms with van der Waals surface area (Å²) in [6, 6.07) is 0. The number of carbonyl (C=O) groups is 2. The summed E-state index contributed by atoms with van der Waals surface area (Å²) in [5, 5.41) is 12.7. The van der Waals surface area contributed by atoms with Gasteiger partial charge in [-0.25, -0.2) is 0 Å². The minimum atomic E-state index is -4.64. The Morgan fingerprint density at radius 2 is 2.00 bits per heavy atom. The first-order chi connectivity index (χ1) is 10.6. The molecule has 2 atom stereocenters. The van der Waals surface area contributed by atoms with Crippen molar-refractivity contribution in [2.75, 3.05) is 13.1 Å². The third-order valence-corrected chi connectivity index (χ3v) is 4.18. The molecule has 1 fully saturated rings. The molecule has 2 rings (SSSR count). The van der Waals surface area contributed by atoms with Crippen molar-refractivity contribution >= 4 is 11.9 Å². The summed E-state index contributed by atoms with van der Waals surface area (Å²) < 4.78 is 43.7. The fraction of sp³-hybridized carbons (Fsp3) is 0.643. The van der Waals surface area contributed by atoms with Crippen molar-refractivity contribution in [1.29, 1.82) is 0 Å². The van der Waals surface area contributed by atoms with Crippen LogP contribution in [-0.2, 0) is 16.0 Å². The third-order valence-electron chi connectivity index (χ3n) is 4.18. The van der Waals surface area contributed by atoms with Gasteiger partial charge in [-0.1, -0.05) is 5.16 Å². The maximum Gasteiger partial charge on any atom is 0.394 e. The summed E-state index contributed by atoms with van der Waals surface area (Å²) in [6.45, 7) is 2.38. The number of amides is 1. The maximum absolute atomic E-state index is 12.9. The molecule has 0 unspecified atom stereocenters. The van der Waals surface area contributed by atoms with Crippen LogP contribution in [0.5, 0.6) is 0 Å². The van der Waals surface area contributed by atoms with E-state index in [0.29, 0.717) is 17.9 Å². The van der Waals surface area contributed by atoms with Crippen LogP contribution < -0.4 is 0 Å². The molecule has 2 heterocycles. The molecule has 0 aliphatic carbocycles. The van der Waals surface area contributed by atoms with E-state index in [4.69, 9.17) is 9.63 Å². The molecule has 1 aromatic rings. The van der Waals surface area contributed by atoms with E-state index < -0.39 is 43.0 Å². The number of hydrogen-bond donors (Lipinski definition) is 1. The number of rotatable bonds is 4. The highest BCUT2D eigenvalue weighted by molar-refractivity contribution is 5.79. The van der Waals surface area contributed by atoms with Gasteiger partial charge < -0.3 is 14.5 Å². The Kier molecular flexibility index (Phi) is 4.67. The first-order valence-electron chi connectivity index (χ1n) is 7.10. The zero-order valence-corrected chi connectivity index (χ0v) is 12.7. The highest BCUT2D eigenvalue weighted by atomic mass is 19.4. The molecule has 1 saturated heterocycles. The van der Waals surface area contributed by atoms with Crippen molar-refractivity contribution < 1.29 is 32.4 Å². The summed E-state index contributed by atoms with van der Waals surface area (Å²) >= 11 is 0. The monoisotopic (exact) mass is 334 g/mol. The maximum atomic E-state index is 12.9. The van der Waals surface area contributed by atoms with Gasteiger partial charge in [0.1, 0.15) is 5.76 Å². The average Bonchev–Trinajstić information content (AvgIpc) is 3.01. The average molecular weight is 334 g/mol. The lowest BCUT2D eigenvalue weighted by molar-refractivity contribution is -0.188. The molecule has 6 nitrogen and oxygen atoms in total. The van der Waals surface area contributed by atoms with Gasteiger partial charge in [0.05, 0.1) is 17.5 Å². The summed E-state index contributed by atoms with van der Waals surface area (Å²) in [4.78, 5) is 24.1.